The van der Waals surface area contributed by atoms with Gasteiger partial charge in [0.2, 0.25) is 11.8 Å². The summed E-state index contributed by atoms with van der Waals surface area (Å²) >= 11 is 0. The maximum absolute atomic E-state index is 13.2. The van der Waals surface area contributed by atoms with Crippen molar-refractivity contribution in [3.05, 3.63) is 107 Å². The Labute approximate surface area is 288 Å². The summed E-state index contributed by atoms with van der Waals surface area (Å²) in [5.74, 6) is 0.202. The summed E-state index contributed by atoms with van der Waals surface area (Å²) in [6.07, 6.45) is 4.12. The molecule has 1 saturated heterocycles. The van der Waals surface area contributed by atoms with E-state index in [0.717, 1.165) is 34.6 Å². The Bertz CT molecular complexity index is 1950. The van der Waals surface area contributed by atoms with E-state index in [1.807, 2.05) is 36.4 Å². The smallest absolute Gasteiger partial charge is 0.262 e. The van der Waals surface area contributed by atoms with E-state index in [1.54, 1.807) is 37.5 Å². The van der Waals surface area contributed by atoms with Crippen molar-refractivity contribution >= 4 is 29.3 Å². The number of nitrogens with one attached hydrogen (secondary N) is 2. The van der Waals surface area contributed by atoms with Crippen LogP contribution >= 0.6 is 0 Å². The van der Waals surface area contributed by atoms with Crippen LogP contribution in [0.5, 0.6) is 17.2 Å². The highest BCUT2D eigenvalue weighted by atomic mass is 16.5. The van der Waals surface area contributed by atoms with Crippen LogP contribution in [0.15, 0.2) is 79.1 Å². The molecule has 0 bridgehead atoms. The minimum Gasteiger partial charge on any atom is -0.490 e. The number of hydrogen-bond donors (Lipinski definition) is 3. The lowest BCUT2D eigenvalue weighted by Crippen LogP contribution is -2.54. The van der Waals surface area contributed by atoms with Gasteiger partial charge in [0, 0.05) is 36.4 Å². The zero-order valence-corrected chi connectivity index (χ0v) is 27.9. The maximum atomic E-state index is 13.2. The highest BCUT2D eigenvalue weighted by Crippen LogP contribution is 2.36. The number of ether oxygens (including phenoxy) is 2. The van der Waals surface area contributed by atoms with Gasteiger partial charge in [0.25, 0.3) is 11.8 Å². The summed E-state index contributed by atoms with van der Waals surface area (Å²) in [7, 11) is 0. The van der Waals surface area contributed by atoms with Crippen LogP contribution in [-0.2, 0) is 15.0 Å². The second-order valence-electron chi connectivity index (χ2n) is 13.5. The van der Waals surface area contributed by atoms with E-state index in [1.165, 1.54) is 0 Å². The van der Waals surface area contributed by atoms with Gasteiger partial charge in [-0.05, 0) is 66.9 Å². The quantitative estimate of drug-likeness (QED) is 0.194. The lowest BCUT2D eigenvalue weighted by Gasteiger charge is -2.36. The molecule has 3 aromatic carbocycles. The number of benzene rings is 3. The van der Waals surface area contributed by atoms with Crippen molar-refractivity contribution < 1.29 is 33.8 Å². The van der Waals surface area contributed by atoms with Crippen LogP contribution in [-0.4, -0.2) is 61.8 Å². The molecule has 3 aliphatic rings. The van der Waals surface area contributed by atoms with Crippen molar-refractivity contribution in [3.8, 4) is 17.2 Å². The number of aromatic nitrogens is 2. The Kier molecular flexibility index (Phi) is 8.56. The molecule has 2 atom stereocenters. The molecule has 12 heteroatoms. The number of rotatable bonds is 10. The highest BCUT2D eigenvalue weighted by molar-refractivity contribution is 6.23. The molecule has 2 fully saturated rings. The van der Waals surface area contributed by atoms with Crippen molar-refractivity contribution in [2.75, 3.05) is 5.32 Å². The molecular formula is C38H37N5O7. The number of piperidine rings is 1. The Morgan fingerprint density at radius 2 is 1.48 bits per heavy atom. The minimum absolute atomic E-state index is 0.0354. The van der Waals surface area contributed by atoms with Gasteiger partial charge in [0.15, 0.2) is 11.6 Å². The SMILES string of the molecule is CC(O)c1ncc(Oc2ccc(C(C)(C)c3ccc(O[C@H]4C[C@H](Nc5ccc6c(c5)C(=O)N(C5CCC(=O)NC5=O)C6=O)C4)cc3)cc2)cn1. The fourth-order valence-corrected chi connectivity index (χ4v) is 6.56. The Morgan fingerprint density at radius 3 is 2.10 bits per heavy atom. The van der Waals surface area contributed by atoms with Gasteiger partial charge in [-0.1, -0.05) is 38.1 Å². The Morgan fingerprint density at radius 1 is 0.860 bits per heavy atom. The van der Waals surface area contributed by atoms with Crippen LogP contribution < -0.4 is 20.1 Å². The number of carbonyl (C=O) groups excluding carboxylic acids is 4. The van der Waals surface area contributed by atoms with Crippen LogP contribution in [0.1, 0.15) is 90.2 Å². The minimum atomic E-state index is -0.989. The zero-order chi connectivity index (χ0) is 35.2. The molecular weight excluding hydrogens is 638 g/mol. The summed E-state index contributed by atoms with van der Waals surface area (Å²) in [4.78, 5) is 59.2. The lowest BCUT2D eigenvalue weighted by atomic mass is 9.78. The van der Waals surface area contributed by atoms with Gasteiger partial charge in [0.05, 0.1) is 23.5 Å². The van der Waals surface area contributed by atoms with Crippen LogP contribution in [0.3, 0.4) is 0 Å². The second kappa shape index (κ2) is 13.0. The number of carbonyl (C=O) groups is 4. The summed E-state index contributed by atoms with van der Waals surface area (Å²) in [6, 6.07) is 20.2. The van der Waals surface area contributed by atoms with Crippen LogP contribution in [0.25, 0.3) is 0 Å². The predicted octanol–water partition coefficient (Wildman–Crippen LogP) is 5.07. The monoisotopic (exact) mass is 675 g/mol. The molecule has 50 heavy (non-hydrogen) atoms. The van der Waals surface area contributed by atoms with E-state index >= 15 is 0 Å². The molecule has 0 radical (unpaired) electrons. The number of imide groups is 2. The van der Waals surface area contributed by atoms with Gasteiger partial charge in [-0.2, -0.15) is 0 Å². The first-order valence-corrected chi connectivity index (χ1v) is 16.6. The fraction of sp³-hybridized carbons (Fsp3) is 0.316. The first kappa shape index (κ1) is 32.9. The van der Waals surface area contributed by atoms with Gasteiger partial charge in [-0.15, -0.1) is 0 Å². The standard InChI is InChI=1S/C38H37N5O7/c1-21(44)34-39-19-29(20-40-34)50-27-11-6-23(7-12-27)38(2,3)22-4-9-26(10-5-22)49-28-16-25(17-28)41-24-8-13-30-31(18-24)37(48)43(36(30)47)32-14-15-33(45)42-35(32)46/h4-13,18-21,25,28,32,41,44H,14-17H2,1-3H3,(H,42,45,46)/t21?,25-,28-,32?. The summed E-state index contributed by atoms with van der Waals surface area (Å²) in [6.45, 7) is 5.94. The fourth-order valence-electron chi connectivity index (χ4n) is 6.56. The molecule has 1 aromatic heterocycles. The van der Waals surface area contributed by atoms with E-state index in [-0.39, 0.29) is 41.5 Å². The average Bonchev–Trinajstić information content (AvgIpc) is 3.32. The molecule has 3 N–H and O–H groups in total. The van der Waals surface area contributed by atoms with Crippen LogP contribution in [0.4, 0.5) is 5.69 Å². The third kappa shape index (κ3) is 6.41. The van der Waals surface area contributed by atoms with E-state index < -0.39 is 35.8 Å². The van der Waals surface area contributed by atoms with E-state index in [9.17, 15) is 24.3 Å². The van der Waals surface area contributed by atoms with Crippen LogP contribution in [0, 0.1) is 0 Å². The van der Waals surface area contributed by atoms with Crippen molar-refractivity contribution in [1.82, 2.24) is 20.2 Å². The molecule has 7 rings (SSSR count). The van der Waals surface area contributed by atoms with E-state index in [4.69, 9.17) is 9.47 Å². The molecule has 256 valence electrons. The van der Waals surface area contributed by atoms with E-state index in [2.05, 4.69) is 46.6 Å². The largest absolute Gasteiger partial charge is 0.490 e. The molecule has 4 aromatic rings. The van der Waals surface area contributed by atoms with Crippen LogP contribution in [0.2, 0.25) is 0 Å². The summed E-state index contributed by atoms with van der Waals surface area (Å²) < 4.78 is 12.1. The van der Waals surface area contributed by atoms with Crippen molar-refractivity contribution in [3.63, 3.8) is 0 Å². The number of amides is 4. The number of fused-ring (bicyclic) bond motifs is 1. The summed E-state index contributed by atoms with van der Waals surface area (Å²) in [5.41, 5.74) is 3.20. The number of hydrogen-bond acceptors (Lipinski definition) is 10. The third-order valence-electron chi connectivity index (χ3n) is 9.62. The van der Waals surface area contributed by atoms with Crippen molar-refractivity contribution in [2.24, 2.45) is 0 Å². The molecule has 1 aliphatic carbocycles. The Balaban J connectivity index is 0.910. The number of anilines is 1. The zero-order valence-electron chi connectivity index (χ0n) is 27.9. The van der Waals surface area contributed by atoms with Crippen molar-refractivity contribution in [2.45, 2.75) is 76.2 Å². The molecule has 2 aliphatic heterocycles. The molecule has 1 saturated carbocycles. The number of aliphatic hydroxyl groups excluding tert-OH is 1. The Hall–Kier alpha value is -5.62. The molecule has 3 heterocycles. The predicted molar refractivity (Wildman–Crippen MR) is 182 cm³/mol. The van der Waals surface area contributed by atoms with E-state index in [0.29, 0.717) is 23.0 Å². The van der Waals surface area contributed by atoms with Crippen molar-refractivity contribution in [1.29, 1.82) is 0 Å². The highest BCUT2D eigenvalue weighted by Gasteiger charge is 2.44. The van der Waals surface area contributed by atoms with Gasteiger partial charge >= 0.3 is 0 Å². The van der Waals surface area contributed by atoms with Gasteiger partial charge in [0.1, 0.15) is 29.7 Å². The maximum Gasteiger partial charge on any atom is 0.262 e. The van der Waals surface area contributed by atoms with Gasteiger partial charge in [-0.3, -0.25) is 29.4 Å². The molecule has 0 spiro atoms. The summed E-state index contributed by atoms with van der Waals surface area (Å²) in [5, 5.41) is 15.2. The number of aliphatic hydroxyl groups is 1. The first-order chi connectivity index (χ1) is 24.0. The third-order valence-corrected chi connectivity index (χ3v) is 9.62. The van der Waals surface area contributed by atoms with Gasteiger partial charge < -0.3 is 19.9 Å². The lowest BCUT2D eigenvalue weighted by molar-refractivity contribution is -0.136. The normalized spacial score (nSPS) is 20.9. The number of nitrogens with zero attached hydrogens (tertiary/aromatic N) is 3. The second-order valence-corrected chi connectivity index (χ2v) is 13.5. The van der Waals surface area contributed by atoms with Gasteiger partial charge in [-0.25, -0.2) is 9.97 Å². The average molecular weight is 676 g/mol. The first-order valence-electron chi connectivity index (χ1n) is 16.6. The molecule has 2 unspecified atom stereocenters. The topological polar surface area (TPSA) is 160 Å². The molecule has 12 nitrogen and oxygen atoms in total. The molecule has 4 amide bonds.